The van der Waals surface area contributed by atoms with Gasteiger partial charge in [-0.05, 0) is 43.7 Å². The molecular weight excluding hydrogens is 268 g/mol. The standard InChI is InChI=1S/C17H20O4/c1-3-5-10-20-14-6-8-16-13(11-14)12-15(21-16)7-9-17(18)19-4-2/h6-9,11-12H,3-5,10H2,1-2H3/b9-7+. The van der Waals surface area contributed by atoms with Gasteiger partial charge in [0.05, 0.1) is 13.2 Å². The van der Waals surface area contributed by atoms with Crippen LogP contribution in [0.4, 0.5) is 0 Å². The van der Waals surface area contributed by atoms with E-state index in [1.807, 2.05) is 24.3 Å². The second kappa shape index (κ2) is 7.53. The molecular formula is C17H20O4. The number of esters is 1. The highest BCUT2D eigenvalue weighted by atomic mass is 16.5. The molecule has 21 heavy (non-hydrogen) atoms. The van der Waals surface area contributed by atoms with E-state index >= 15 is 0 Å². The van der Waals surface area contributed by atoms with Crippen LogP contribution in [0.25, 0.3) is 17.0 Å². The predicted molar refractivity (Wildman–Crippen MR) is 82.3 cm³/mol. The largest absolute Gasteiger partial charge is 0.494 e. The van der Waals surface area contributed by atoms with Gasteiger partial charge in [-0.1, -0.05) is 13.3 Å². The smallest absolute Gasteiger partial charge is 0.330 e. The molecule has 0 aliphatic heterocycles. The number of unbranched alkanes of at least 4 members (excludes halogenated alkanes) is 1. The van der Waals surface area contributed by atoms with Gasteiger partial charge in [0.25, 0.3) is 0 Å². The zero-order valence-corrected chi connectivity index (χ0v) is 12.4. The summed E-state index contributed by atoms with van der Waals surface area (Å²) in [6.07, 6.45) is 5.11. The number of hydrogen-bond acceptors (Lipinski definition) is 4. The number of carbonyl (C=O) groups excluding carboxylic acids is 1. The Morgan fingerprint density at radius 1 is 1.29 bits per heavy atom. The zero-order valence-electron chi connectivity index (χ0n) is 12.4. The third-order valence-corrected chi connectivity index (χ3v) is 2.94. The first-order chi connectivity index (χ1) is 10.2. The van der Waals surface area contributed by atoms with E-state index in [4.69, 9.17) is 13.9 Å². The van der Waals surface area contributed by atoms with Gasteiger partial charge in [-0.2, -0.15) is 0 Å². The van der Waals surface area contributed by atoms with Gasteiger partial charge in [0.2, 0.25) is 0 Å². The molecule has 1 aromatic heterocycles. The van der Waals surface area contributed by atoms with Crippen LogP contribution in [0.2, 0.25) is 0 Å². The van der Waals surface area contributed by atoms with Crippen molar-refractivity contribution in [3.63, 3.8) is 0 Å². The highest BCUT2D eigenvalue weighted by Crippen LogP contribution is 2.25. The number of ether oxygens (including phenoxy) is 2. The number of furan rings is 1. The maximum absolute atomic E-state index is 11.3. The molecule has 4 heteroatoms. The molecule has 0 unspecified atom stereocenters. The van der Waals surface area contributed by atoms with Crippen LogP contribution in [-0.4, -0.2) is 19.2 Å². The van der Waals surface area contributed by atoms with Crippen LogP contribution in [0, 0.1) is 0 Å². The third-order valence-electron chi connectivity index (χ3n) is 2.94. The monoisotopic (exact) mass is 288 g/mol. The summed E-state index contributed by atoms with van der Waals surface area (Å²) in [5, 5.41) is 0.951. The van der Waals surface area contributed by atoms with Gasteiger partial charge in [0, 0.05) is 11.5 Å². The molecule has 0 radical (unpaired) electrons. The molecule has 0 N–H and O–H groups in total. The molecule has 0 bridgehead atoms. The molecule has 0 spiro atoms. The predicted octanol–water partition coefficient (Wildman–Crippen LogP) is 4.19. The van der Waals surface area contributed by atoms with E-state index in [2.05, 4.69) is 6.92 Å². The maximum atomic E-state index is 11.3. The minimum absolute atomic E-state index is 0.363. The lowest BCUT2D eigenvalue weighted by atomic mass is 10.2. The van der Waals surface area contributed by atoms with Crippen LogP contribution in [0.5, 0.6) is 5.75 Å². The fraction of sp³-hybridized carbons (Fsp3) is 0.353. The van der Waals surface area contributed by atoms with Crippen molar-refractivity contribution < 1.29 is 18.7 Å². The van der Waals surface area contributed by atoms with Crippen molar-refractivity contribution in [2.45, 2.75) is 26.7 Å². The average molecular weight is 288 g/mol. The molecule has 0 aliphatic carbocycles. The first kappa shape index (κ1) is 15.2. The number of benzene rings is 1. The minimum atomic E-state index is -0.374. The van der Waals surface area contributed by atoms with Gasteiger partial charge in [-0.25, -0.2) is 4.79 Å². The highest BCUT2D eigenvalue weighted by Gasteiger charge is 2.04. The van der Waals surface area contributed by atoms with E-state index in [-0.39, 0.29) is 5.97 Å². The van der Waals surface area contributed by atoms with Gasteiger partial charge in [-0.3, -0.25) is 0 Å². The molecule has 0 aliphatic rings. The van der Waals surface area contributed by atoms with Crippen molar-refractivity contribution in [1.29, 1.82) is 0 Å². The van der Waals surface area contributed by atoms with E-state index in [1.165, 1.54) is 6.08 Å². The molecule has 112 valence electrons. The Labute approximate surface area is 124 Å². The molecule has 0 amide bonds. The van der Waals surface area contributed by atoms with Crippen LogP contribution in [0.1, 0.15) is 32.4 Å². The zero-order chi connectivity index (χ0) is 15.1. The minimum Gasteiger partial charge on any atom is -0.494 e. The Kier molecular flexibility index (Phi) is 5.43. The molecule has 0 fully saturated rings. The lowest BCUT2D eigenvalue weighted by Crippen LogP contribution is -1.98. The van der Waals surface area contributed by atoms with Crippen molar-refractivity contribution in [2.24, 2.45) is 0 Å². The molecule has 0 saturated carbocycles. The summed E-state index contributed by atoms with van der Waals surface area (Å²) in [6.45, 7) is 4.98. The lowest BCUT2D eigenvalue weighted by molar-refractivity contribution is -0.137. The number of hydrogen-bond donors (Lipinski definition) is 0. The summed E-state index contributed by atoms with van der Waals surface area (Å²) in [5.74, 6) is 1.07. The number of rotatable bonds is 7. The van der Waals surface area contributed by atoms with Crippen molar-refractivity contribution in [2.75, 3.05) is 13.2 Å². The summed E-state index contributed by atoms with van der Waals surface area (Å²) in [6, 6.07) is 7.58. The average Bonchev–Trinajstić information content (AvgIpc) is 2.88. The van der Waals surface area contributed by atoms with Crippen molar-refractivity contribution in [3.05, 3.63) is 36.1 Å². The van der Waals surface area contributed by atoms with Gasteiger partial charge in [0.1, 0.15) is 17.1 Å². The summed E-state index contributed by atoms with van der Waals surface area (Å²) < 4.78 is 16.1. The van der Waals surface area contributed by atoms with E-state index in [9.17, 15) is 4.79 Å². The quantitative estimate of drug-likeness (QED) is 0.435. The van der Waals surface area contributed by atoms with Crippen LogP contribution >= 0.6 is 0 Å². The normalized spacial score (nSPS) is 11.1. The Bertz CT molecular complexity index is 625. The Hall–Kier alpha value is -2.23. The van der Waals surface area contributed by atoms with Crippen LogP contribution in [0.3, 0.4) is 0 Å². The van der Waals surface area contributed by atoms with E-state index in [0.717, 1.165) is 36.2 Å². The Morgan fingerprint density at radius 3 is 2.90 bits per heavy atom. The van der Waals surface area contributed by atoms with Gasteiger partial charge >= 0.3 is 5.97 Å². The summed E-state index contributed by atoms with van der Waals surface area (Å²) >= 11 is 0. The second-order valence-electron chi connectivity index (χ2n) is 4.64. The van der Waals surface area contributed by atoms with Crippen molar-refractivity contribution in [1.82, 2.24) is 0 Å². The molecule has 2 rings (SSSR count). The van der Waals surface area contributed by atoms with Crippen LogP contribution in [0.15, 0.2) is 34.8 Å². The topological polar surface area (TPSA) is 48.7 Å². The first-order valence-corrected chi connectivity index (χ1v) is 7.24. The molecule has 0 saturated heterocycles. The molecule has 1 aromatic carbocycles. The molecule has 2 aromatic rings. The van der Waals surface area contributed by atoms with E-state index in [1.54, 1.807) is 13.0 Å². The van der Waals surface area contributed by atoms with Gasteiger partial charge in [-0.15, -0.1) is 0 Å². The lowest BCUT2D eigenvalue weighted by Gasteiger charge is -2.04. The first-order valence-electron chi connectivity index (χ1n) is 7.24. The summed E-state index contributed by atoms with van der Waals surface area (Å²) in [7, 11) is 0. The van der Waals surface area contributed by atoms with E-state index in [0.29, 0.717) is 12.4 Å². The SMILES string of the molecule is CCCCOc1ccc2oc(/C=C/C(=O)OCC)cc2c1. The molecule has 0 atom stereocenters. The Balaban J connectivity index is 2.08. The summed E-state index contributed by atoms with van der Waals surface area (Å²) in [4.78, 5) is 11.3. The molecule has 1 heterocycles. The summed E-state index contributed by atoms with van der Waals surface area (Å²) in [5.41, 5.74) is 0.765. The van der Waals surface area contributed by atoms with Crippen molar-refractivity contribution >= 4 is 23.0 Å². The number of carbonyl (C=O) groups is 1. The Morgan fingerprint density at radius 2 is 2.14 bits per heavy atom. The van der Waals surface area contributed by atoms with Crippen molar-refractivity contribution in [3.8, 4) is 5.75 Å². The van der Waals surface area contributed by atoms with Gasteiger partial charge in [0.15, 0.2) is 0 Å². The third kappa shape index (κ3) is 4.38. The maximum Gasteiger partial charge on any atom is 0.330 e. The fourth-order valence-corrected chi connectivity index (χ4v) is 1.89. The molecule has 4 nitrogen and oxygen atoms in total. The van der Waals surface area contributed by atoms with Crippen LogP contribution in [-0.2, 0) is 9.53 Å². The fourth-order valence-electron chi connectivity index (χ4n) is 1.89. The van der Waals surface area contributed by atoms with Gasteiger partial charge < -0.3 is 13.9 Å². The van der Waals surface area contributed by atoms with Crippen LogP contribution < -0.4 is 4.74 Å². The second-order valence-corrected chi connectivity index (χ2v) is 4.64. The number of fused-ring (bicyclic) bond motifs is 1. The highest BCUT2D eigenvalue weighted by molar-refractivity contribution is 5.88. The van der Waals surface area contributed by atoms with E-state index < -0.39 is 0 Å².